The molecular weight excluding hydrogens is 494 g/mol. The summed E-state index contributed by atoms with van der Waals surface area (Å²) in [5.41, 5.74) is 0.191. The van der Waals surface area contributed by atoms with E-state index in [-0.39, 0.29) is 28.2 Å². The highest BCUT2D eigenvalue weighted by Gasteiger charge is 2.16. The number of carbonyl (C=O) groups is 3. The molecule has 0 spiro atoms. The zero-order valence-corrected chi connectivity index (χ0v) is 18.4. The topological polar surface area (TPSA) is 141 Å². The maximum absolute atomic E-state index is 12.9. The highest BCUT2D eigenvalue weighted by atomic mass is 79.9. The molecule has 0 saturated heterocycles. The molecule has 0 aliphatic heterocycles. The van der Waals surface area contributed by atoms with E-state index in [1.165, 1.54) is 54.6 Å². The molecule has 0 unspecified atom stereocenters. The summed E-state index contributed by atoms with van der Waals surface area (Å²) in [4.78, 5) is 47.2. The Labute approximate surface area is 196 Å². The van der Waals surface area contributed by atoms with Gasteiger partial charge in [0.15, 0.2) is 0 Å². The van der Waals surface area contributed by atoms with Crippen molar-refractivity contribution in [2.24, 2.45) is 0 Å². The van der Waals surface area contributed by atoms with Gasteiger partial charge in [0.1, 0.15) is 5.70 Å². The maximum atomic E-state index is 12.9. The molecule has 0 heterocycles. The lowest BCUT2D eigenvalue weighted by molar-refractivity contribution is -0.384. The molecule has 0 aromatic heterocycles. The summed E-state index contributed by atoms with van der Waals surface area (Å²) < 4.78 is 0.761. The van der Waals surface area contributed by atoms with Crippen LogP contribution in [0.1, 0.15) is 26.3 Å². The van der Waals surface area contributed by atoms with Crippen LogP contribution in [0.2, 0.25) is 0 Å². The smallest absolute Gasteiger partial charge is 0.272 e. The number of rotatable bonds is 7. The van der Waals surface area contributed by atoms with Crippen molar-refractivity contribution in [1.29, 1.82) is 0 Å². The van der Waals surface area contributed by atoms with Gasteiger partial charge in [-0.05, 0) is 53.6 Å². The first-order valence-electron chi connectivity index (χ1n) is 9.39. The molecule has 2 N–H and O–H groups in total. The van der Waals surface area contributed by atoms with E-state index < -0.39 is 22.7 Å². The van der Waals surface area contributed by atoms with Crippen LogP contribution in [0.5, 0.6) is 0 Å². The Morgan fingerprint density at radius 1 is 0.909 bits per heavy atom. The summed E-state index contributed by atoms with van der Waals surface area (Å²) >= 11 is 3.28. The minimum absolute atomic E-state index is 0.143. The molecule has 166 valence electrons. The molecule has 0 aliphatic carbocycles. The molecule has 3 rings (SSSR count). The molecule has 0 saturated carbocycles. The number of aromatic carboxylic acids is 1. The molecule has 3 aromatic carbocycles. The van der Waals surface area contributed by atoms with Crippen molar-refractivity contribution in [2.75, 3.05) is 5.32 Å². The number of nitrogens with zero attached hydrogens (tertiary/aromatic N) is 1. The van der Waals surface area contributed by atoms with Crippen LogP contribution in [0.3, 0.4) is 0 Å². The summed E-state index contributed by atoms with van der Waals surface area (Å²) in [6.45, 7) is 0. The van der Waals surface area contributed by atoms with Crippen molar-refractivity contribution in [3.63, 3.8) is 0 Å². The van der Waals surface area contributed by atoms with Crippen molar-refractivity contribution in [3.8, 4) is 0 Å². The largest absolute Gasteiger partial charge is 0.545 e. The Hall–Kier alpha value is -4.31. The summed E-state index contributed by atoms with van der Waals surface area (Å²) in [6.07, 6.45) is 1.28. The fraction of sp³-hybridized carbons (Fsp3) is 0. The lowest BCUT2D eigenvalue weighted by atomic mass is 10.1. The zero-order valence-electron chi connectivity index (χ0n) is 16.8. The number of hydrogen-bond donors (Lipinski definition) is 2. The fourth-order valence-corrected chi connectivity index (χ4v) is 3.04. The van der Waals surface area contributed by atoms with Gasteiger partial charge in [-0.1, -0.05) is 40.2 Å². The lowest BCUT2D eigenvalue weighted by Crippen LogP contribution is -2.31. The van der Waals surface area contributed by atoms with Gasteiger partial charge >= 0.3 is 0 Å². The van der Waals surface area contributed by atoms with E-state index in [1.807, 2.05) is 0 Å². The molecule has 0 atom stereocenters. The molecule has 0 radical (unpaired) electrons. The second-order valence-electron chi connectivity index (χ2n) is 6.69. The Balaban J connectivity index is 1.94. The Kier molecular flexibility index (Phi) is 7.31. The summed E-state index contributed by atoms with van der Waals surface area (Å²) in [7, 11) is 0. The van der Waals surface area contributed by atoms with E-state index in [9.17, 15) is 29.6 Å². The Morgan fingerprint density at radius 2 is 1.61 bits per heavy atom. The fourth-order valence-electron chi connectivity index (χ4n) is 2.77. The Morgan fingerprint density at radius 3 is 2.27 bits per heavy atom. The van der Waals surface area contributed by atoms with Crippen LogP contribution < -0.4 is 15.7 Å². The zero-order chi connectivity index (χ0) is 24.0. The SMILES string of the molecule is O=C(Nc1cccc(C(=O)[O-])c1)/C(=C/c1cccc([N+](=O)[O-])c1)NC(=O)c1ccc(Br)cc1. The third kappa shape index (κ3) is 6.34. The summed E-state index contributed by atoms with van der Waals surface area (Å²) in [5.74, 6) is -2.76. The lowest BCUT2D eigenvalue weighted by Gasteiger charge is -2.12. The standard InChI is InChI=1S/C23H16BrN3O6/c24-17-9-7-15(8-10-17)21(28)26-20(12-14-3-1-6-19(11-14)27(32)33)22(29)25-18-5-2-4-16(13-18)23(30)31/h1-13H,(H,25,29)(H,26,28)(H,30,31)/p-1/b20-12-. The molecule has 0 aliphatic rings. The minimum atomic E-state index is -1.41. The van der Waals surface area contributed by atoms with Gasteiger partial charge in [0, 0.05) is 27.9 Å². The van der Waals surface area contributed by atoms with E-state index in [2.05, 4.69) is 26.6 Å². The van der Waals surface area contributed by atoms with E-state index in [0.717, 1.165) is 4.47 Å². The molecular formula is C23H15BrN3O6-. The number of non-ortho nitro benzene ring substituents is 1. The third-order valence-corrected chi connectivity index (χ3v) is 4.88. The average Bonchev–Trinajstić information content (AvgIpc) is 2.79. The number of nitro groups is 1. The van der Waals surface area contributed by atoms with Crippen LogP contribution in [0, 0.1) is 10.1 Å². The van der Waals surface area contributed by atoms with Crippen LogP contribution in [0.4, 0.5) is 11.4 Å². The number of carbonyl (C=O) groups excluding carboxylic acids is 3. The quantitative estimate of drug-likeness (QED) is 0.285. The van der Waals surface area contributed by atoms with Crippen molar-refractivity contribution in [2.45, 2.75) is 0 Å². The number of amides is 2. The van der Waals surface area contributed by atoms with Gasteiger partial charge in [-0.25, -0.2) is 0 Å². The predicted octanol–water partition coefficient (Wildman–Crippen LogP) is 3.13. The molecule has 3 aromatic rings. The van der Waals surface area contributed by atoms with Gasteiger partial charge in [-0.2, -0.15) is 0 Å². The van der Waals surface area contributed by atoms with Crippen LogP contribution in [0.25, 0.3) is 6.08 Å². The minimum Gasteiger partial charge on any atom is -0.545 e. The third-order valence-electron chi connectivity index (χ3n) is 4.35. The highest BCUT2D eigenvalue weighted by Crippen LogP contribution is 2.17. The van der Waals surface area contributed by atoms with Crippen LogP contribution in [0.15, 0.2) is 83.0 Å². The number of carboxylic acid groups (broad SMARTS) is 1. The van der Waals surface area contributed by atoms with Crippen LogP contribution in [-0.2, 0) is 4.79 Å². The molecule has 10 heteroatoms. The van der Waals surface area contributed by atoms with Gasteiger partial charge in [0.05, 0.1) is 10.9 Å². The normalized spacial score (nSPS) is 10.9. The predicted molar refractivity (Wildman–Crippen MR) is 122 cm³/mol. The van der Waals surface area contributed by atoms with E-state index >= 15 is 0 Å². The number of nitro benzene ring substituents is 1. The van der Waals surface area contributed by atoms with E-state index in [0.29, 0.717) is 5.56 Å². The van der Waals surface area contributed by atoms with Gasteiger partial charge < -0.3 is 20.5 Å². The first-order chi connectivity index (χ1) is 15.7. The summed E-state index contributed by atoms with van der Waals surface area (Å²) in [6, 6.07) is 17.3. The Bertz CT molecular complexity index is 1270. The molecule has 2 amide bonds. The monoisotopic (exact) mass is 508 g/mol. The molecule has 0 bridgehead atoms. The van der Waals surface area contributed by atoms with Gasteiger partial charge in [0.2, 0.25) is 0 Å². The van der Waals surface area contributed by atoms with Gasteiger partial charge in [-0.3, -0.25) is 19.7 Å². The number of hydrogen-bond acceptors (Lipinski definition) is 6. The number of halogens is 1. The van der Waals surface area contributed by atoms with Crippen LogP contribution in [-0.4, -0.2) is 22.7 Å². The molecule has 9 nitrogen and oxygen atoms in total. The second kappa shape index (κ2) is 10.3. The first-order valence-corrected chi connectivity index (χ1v) is 10.2. The number of nitrogens with one attached hydrogen (secondary N) is 2. The van der Waals surface area contributed by atoms with Crippen molar-refractivity contribution < 1.29 is 24.4 Å². The second-order valence-corrected chi connectivity index (χ2v) is 7.61. The van der Waals surface area contributed by atoms with Crippen molar-refractivity contribution in [3.05, 3.63) is 110 Å². The molecule has 0 fully saturated rings. The molecule has 33 heavy (non-hydrogen) atoms. The maximum Gasteiger partial charge on any atom is 0.272 e. The van der Waals surface area contributed by atoms with Crippen molar-refractivity contribution >= 4 is 51.2 Å². The van der Waals surface area contributed by atoms with Gasteiger partial charge in [-0.15, -0.1) is 0 Å². The highest BCUT2D eigenvalue weighted by molar-refractivity contribution is 9.10. The van der Waals surface area contributed by atoms with E-state index in [4.69, 9.17) is 0 Å². The van der Waals surface area contributed by atoms with Gasteiger partial charge in [0.25, 0.3) is 17.5 Å². The van der Waals surface area contributed by atoms with E-state index in [1.54, 1.807) is 24.3 Å². The number of carboxylic acids is 1. The first kappa shape index (κ1) is 23.4. The van der Waals surface area contributed by atoms with Crippen LogP contribution >= 0.6 is 15.9 Å². The van der Waals surface area contributed by atoms with Crippen molar-refractivity contribution in [1.82, 2.24) is 5.32 Å². The summed E-state index contributed by atoms with van der Waals surface area (Å²) in [5, 5.41) is 27.2. The number of anilines is 1. The average molecular weight is 509 g/mol. The number of benzene rings is 3.